The van der Waals surface area contributed by atoms with Gasteiger partial charge < -0.3 is 4.74 Å². The Morgan fingerprint density at radius 1 is 1.07 bits per heavy atom. The van der Waals surface area contributed by atoms with Gasteiger partial charge in [-0.25, -0.2) is 5.43 Å². The van der Waals surface area contributed by atoms with Gasteiger partial charge in [-0.1, -0.05) is 54.6 Å². The van der Waals surface area contributed by atoms with E-state index in [2.05, 4.69) is 20.7 Å². The maximum absolute atomic E-state index is 12.3. The molecule has 2 N–H and O–H groups in total. The van der Waals surface area contributed by atoms with Crippen LogP contribution in [0.25, 0.3) is 22.0 Å². The first-order valence-electron chi connectivity index (χ1n) is 8.75. The zero-order valence-electron chi connectivity index (χ0n) is 15.2. The van der Waals surface area contributed by atoms with Gasteiger partial charge in [-0.3, -0.25) is 9.89 Å². The van der Waals surface area contributed by atoms with Crippen LogP contribution in [-0.2, 0) is 0 Å². The second kappa shape index (κ2) is 7.75. The number of aromatic nitrogens is 2. The maximum Gasteiger partial charge on any atom is 0.289 e. The molecule has 0 bridgehead atoms. The predicted octanol–water partition coefficient (Wildman–Crippen LogP) is 4.00. The number of H-pyrrole nitrogens is 1. The number of carbonyl (C=O) groups excluding carboxylic acids is 1. The Balaban J connectivity index is 1.50. The Morgan fingerprint density at radius 3 is 2.79 bits per heavy atom. The number of nitrogens with zero attached hydrogens (tertiary/aromatic N) is 2. The molecule has 0 aliphatic heterocycles. The lowest BCUT2D eigenvalue weighted by molar-refractivity contribution is 0.0950. The molecular formula is C22H18N4O2. The summed E-state index contributed by atoms with van der Waals surface area (Å²) in [4.78, 5) is 12.3. The third kappa shape index (κ3) is 3.61. The molecule has 0 spiro atoms. The summed E-state index contributed by atoms with van der Waals surface area (Å²) in [6, 6.07) is 23.2. The Morgan fingerprint density at radius 2 is 1.89 bits per heavy atom. The average molecular weight is 370 g/mol. The number of rotatable bonds is 5. The lowest BCUT2D eigenvalue weighted by atomic mass is 10.0. The summed E-state index contributed by atoms with van der Waals surface area (Å²) in [7, 11) is 1.60. The molecule has 0 atom stereocenters. The Hall–Kier alpha value is -3.93. The molecule has 0 aliphatic rings. The zero-order chi connectivity index (χ0) is 19.3. The van der Waals surface area contributed by atoms with Crippen LogP contribution in [-0.4, -0.2) is 29.4 Å². The van der Waals surface area contributed by atoms with Crippen LogP contribution in [0.15, 0.2) is 77.9 Å². The van der Waals surface area contributed by atoms with Gasteiger partial charge in [-0.15, -0.1) is 0 Å². The van der Waals surface area contributed by atoms with E-state index in [9.17, 15) is 4.79 Å². The third-order valence-electron chi connectivity index (χ3n) is 4.36. The summed E-state index contributed by atoms with van der Waals surface area (Å²) in [5, 5.41) is 13.3. The molecule has 0 saturated heterocycles. The lowest BCUT2D eigenvalue weighted by Gasteiger charge is -2.02. The van der Waals surface area contributed by atoms with Gasteiger partial charge in [0.25, 0.3) is 5.91 Å². The topological polar surface area (TPSA) is 79.4 Å². The normalized spacial score (nSPS) is 11.0. The molecule has 4 aromatic rings. The van der Waals surface area contributed by atoms with E-state index >= 15 is 0 Å². The number of carbonyl (C=O) groups is 1. The number of hydrazone groups is 1. The first kappa shape index (κ1) is 17.5. The van der Waals surface area contributed by atoms with Crippen molar-refractivity contribution >= 4 is 22.9 Å². The largest absolute Gasteiger partial charge is 0.497 e. The van der Waals surface area contributed by atoms with Gasteiger partial charge in [0.15, 0.2) is 0 Å². The van der Waals surface area contributed by atoms with Gasteiger partial charge in [0.1, 0.15) is 11.4 Å². The van der Waals surface area contributed by atoms with E-state index in [4.69, 9.17) is 4.74 Å². The van der Waals surface area contributed by atoms with E-state index in [0.717, 1.165) is 27.6 Å². The van der Waals surface area contributed by atoms with Crippen molar-refractivity contribution in [2.75, 3.05) is 7.11 Å². The molecule has 0 radical (unpaired) electrons. The fourth-order valence-corrected chi connectivity index (χ4v) is 2.97. The number of fused-ring (bicyclic) bond motifs is 1. The highest BCUT2D eigenvalue weighted by Crippen LogP contribution is 2.27. The standard InChI is InChI=1S/C22H18N4O2/c1-28-17-9-4-6-15(12-17)14-23-26-22(27)21-13-20(24-25-21)19-11-5-8-16-7-2-3-10-18(16)19/h2-14H,1H3,(H,24,25)(H,26,27). The first-order valence-corrected chi connectivity index (χ1v) is 8.75. The summed E-state index contributed by atoms with van der Waals surface area (Å²) in [5.41, 5.74) is 5.34. The number of aromatic amines is 1. The summed E-state index contributed by atoms with van der Waals surface area (Å²) in [5.74, 6) is 0.363. The summed E-state index contributed by atoms with van der Waals surface area (Å²) < 4.78 is 5.16. The van der Waals surface area contributed by atoms with Crippen LogP contribution >= 0.6 is 0 Å². The molecule has 1 heterocycles. The average Bonchev–Trinajstić information content (AvgIpc) is 3.23. The summed E-state index contributed by atoms with van der Waals surface area (Å²) in [6.07, 6.45) is 1.56. The van der Waals surface area contributed by atoms with Crippen LogP contribution < -0.4 is 10.2 Å². The van der Waals surface area contributed by atoms with E-state index in [0.29, 0.717) is 11.4 Å². The van der Waals surface area contributed by atoms with Gasteiger partial charge in [-0.2, -0.15) is 10.2 Å². The second-order valence-electron chi connectivity index (χ2n) is 6.17. The molecule has 1 aromatic heterocycles. The molecular weight excluding hydrogens is 352 g/mol. The molecule has 0 fully saturated rings. The number of ether oxygens (including phenoxy) is 1. The van der Waals surface area contributed by atoms with Crippen molar-refractivity contribution in [1.82, 2.24) is 15.6 Å². The van der Waals surface area contributed by atoms with Crippen LogP contribution in [0.1, 0.15) is 16.1 Å². The summed E-state index contributed by atoms with van der Waals surface area (Å²) >= 11 is 0. The monoisotopic (exact) mass is 370 g/mol. The minimum Gasteiger partial charge on any atom is -0.497 e. The van der Waals surface area contributed by atoms with Crippen LogP contribution in [0.2, 0.25) is 0 Å². The number of methoxy groups -OCH3 is 1. The maximum atomic E-state index is 12.3. The fraction of sp³-hybridized carbons (Fsp3) is 0.0455. The SMILES string of the molecule is COc1cccc(C=NNC(=O)c2cc(-c3cccc4ccccc34)n[nH]2)c1. The smallest absolute Gasteiger partial charge is 0.289 e. The molecule has 1 amide bonds. The Bertz CT molecular complexity index is 1160. The fourth-order valence-electron chi connectivity index (χ4n) is 2.97. The van der Waals surface area contributed by atoms with E-state index in [1.54, 1.807) is 19.4 Å². The van der Waals surface area contributed by atoms with Crippen molar-refractivity contribution in [3.63, 3.8) is 0 Å². The molecule has 138 valence electrons. The molecule has 28 heavy (non-hydrogen) atoms. The predicted molar refractivity (Wildman–Crippen MR) is 110 cm³/mol. The minimum absolute atomic E-state index is 0.339. The molecule has 0 saturated carbocycles. The number of hydrogen-bond donors (Lipinski definition) is 2. The van der Waals surface area contributed by atoms with E-state index < -0.39 is 0 Å². The van der Waals surface area contributed by atoms with Crippen molar-refractivity contribution in [2.45, 2.75) is 0 Å². The number of amides is 1. The highest BCUT2D eigenvalue weighted by atomic mass is 16.5. The molecule has 3 aromatic carbocycles. The van der Waals surface area contributed by atoms with E-state index in [1.165, 1.54) is 0 Å². The van der Waals surface area contributed by atoms with Crippen molar-refractivity contribution < 1.29 is 9.53 Å². The van der Waals surface area contributed by atoms with Crippen LogP contribution in [0.3, 0.4) is 0 Å². The van der Waals surface area contributed by atoms with Crippen molar-refractivity contribution in [3.8, 4) is 17.0 Å². The molecule has 4 rings (SSSR count). The van der Waals surface area contributed by atoms with Gasteiger partial charge in [-0.05, 0) is 34.5 Å². The van der Waals surface area contributed by atoms with E-state index in [-0.39, 0.29) is 5.91 Å². The number of nitrogens with one attached hydrogen (secondary N) is 2. The molecule has 6 nitrogen and oxygen atoms in total. The Kier molecular flexibility index (Phi) is 4.84. The van der Waals surface area contributed by atoms with Gasteiger partial charge in [0, 0.05) is 5.56 Å². The molecule has 6 heteroatoms. The van der Waals surface area contributed by atoms with Crippen molar-refractivity contribution in [2.24, 2.45) is 5.10 Å². The van der Waals surface area contributed by atoms with Gasteiger partial charge >= 0.3 is 0 Å². The lowest BCUT2D eigenvalue weighted by Crippen LogP contribution is -2.18. The van der Waals surface area contributed by atoms with Crippen molar-refractivity contribution in [1.29, 1.82) is 0 Å². The zero-order valence-corrected chi connectivity index (χ0v) is 15.2. The van der Waals surface area contributed by atoms with Crippen LogP contribution in [0.4, 0.5) is 0 Å². The molecule has 0 aliphatic carbocycles. The van der Waals surface area contributed by atoms with Crippen LogP contribution in [0.5, 0.6) is 5.75 Å². The van der Waals surface area contributed by atoms with Crippen LogP contribution in [0, 0.1) is 0 Å². The minimum atomic E-state index is -0.363. The highest BCUT2D eigenvalue weighted by molar-refractivity contribution is 5.98. The molecule has 0 unspecified atom stereocenters. The highest BCUT2D eigenvalue weighted by Gasteiger charge is 2.12. The second-order valence-corrected chi connectivity index (χ2v) is 6.17. The first-order chi connectivity index (χ1) is 13.7. The van der Waals surface area contributed by atoms with Gasteiger partial charge in [0.05, 0.1) is 19.0 Å². The van der Waals surface area contributed by atoms with E-state index in [1.807, 2.05) is 66.7 Å². The van der Waals surface area contributed by atoms with Crippen molar-refractivity contribution in [3.05, 3.63) is 84.1 Å². The number of benzene rings is 3. The van der Waals surface area contributed by atoms with Gasteiger partial charge in [0.2, 0.25) is 0 Å². The third-order valence-corrected chi connectivity index (χ3v) is 4.36. The quantitative estimate of drug-likeness (QED) is 0.412. The Labute approximate surface area is 161 Å². The summed E-state index contributed by atoms with van der Waals surface area (Å²) in [6.45, 7) is 0. The number of hydrogen-bond acceptors (Lipinski definition) is 4.